The number of nitrogens with two attached hydrogens (primary N) is 1. The summed E-state index contributed by atoms with van der Waals surface area (Å²) in [5, 5.41) is 7.10. The van der Waals surface area contributed by atoms with Gasteiger partial charge in [-0.25, -0.2) is 4.39 Å². The van der Waals surface area contributed by atoms with Crippen LogP contribution in [0.25, 0.3) is 11.1 Å². The van der Waals surface area contributed by atoms with Gasteiger partial charge in [-0.05, 0) is 60.1 Å². The Morgan fingerprint density at radius 2 is 1.88 bits per heavy atom. The van der Waals surface area contributed by atoms with Crippen LogP contribution in [0.1, 0.15) is 54.4 Å². The summed E-state index contributed by atoms with van der Waals surface area (Å²) < 4.78 is 13.7. The van der Waals surface area contributed by atoms with E-state index in [9.17, 15) is 14.0 Å². The highest BCUT2D eigenvalue weighted by molar-refractivity contribution is 5.93. The average molecular weight is 449 g/mol. The van der Waals surface area contributed by atoms with E-state index in [-0.39, 0.29) is 24.2 Å². The Morgan fingerprint density at radius 1 is 1.15 bits per heavy atom. The molecule has 1 fully saturated rings. The van der Waals surface area contributed by atoms with Crippen LogP contribution in [0, 0.1) is 11.2 Å². The summed E-state index contributed by atoms with van der Waals surface area (Å²) in [7, 11) is 0. The summed E-state index contributed by atoms with van der Waals surface area (Å²) in [4.78, 5) is 27.5. The second kappa shape index (κ2) is 9.17. The molecule has 3 N–H and O–H groups in total. The van der Waals surface area contributed by atoms with E-state index in [2.05, 4.69) is 10.2 Å². The SMILES string of the molecule is CC(C)c1cc(C(=O)N2CCC[C@@](Cc3cccc(-c4cccc(F)c4)c3)(C(N)=O)C2)n[nH]1. The molecule has 1 aliphatic heterocycles. The zero-order chi connectivity index (χ0) is 23.6. The molecular formula is C26H29FN4O2. The maximum atomic E-state index is 13.7. The van der Waals surface area contributed by atoms with E-state index in [4.69, 9.17) is 5.73 Å². The number of likely N-dealkylation sites (tertiary alicyclic amines) is 1. The van der Waals surface area contributed by atoms with Gasteiger partial charge in [0.25, 0.3) is 5.91 Å². The van der Waals surface area contributed by atoms with Crippen molar-refractivity contribution in [1.29, 1.82) is 0 Å². The second-order valence-corrected chi connectivity index (χ2v) is 9.23. The van der Waals surface area contributed by atoms with Gasteiger partial charge in [0.15, 0.2) is 0 Å². The van der Waals surface area contributed by atoms with Crippen LogP contribution in [0.5, 0.6) is 0 Å². The van der Waals surface area contributed by atoms with Crippen LogP contribution in [-0.2, 0) is 11.2 Å². The lowest BCUT2D eigenvalue weighted by molar-refractivity contribution is -0.130. The normalized spacial score (nSPS) is 18.5. The summed E-state index contributed by atoms with van der Waals surface area (Å²) in [5.74, 6) is -0.680. The van der Waals surface area contributed by atoms with E-state index in [1.807, 2.05) is 44.2 Å². The highest BCUT2D eigenvalue weighted by atomic mass is 19.1. The Morgan fingerprint density at radius 3 is 2.55 bits per heavy atom. The highest BCUT2D eigenvalue weighted by Crippen LogP contribution is 2.35. The molecule has 1 atom stereocenters. The number of hydrogen-bond donors (Lipinski definition) is 2. The van der Waals surface area contributed by atoms with Crippen LogP contribution < -0.4 is 5.73 Å². The Balaban J connectivity index is 1.57. The molecule has 1 aliphatic rings. The van der Waals surface area contributed by atoms with Gasteiger partial charge in [-0.15, -0.1) is 0 Å². The molecule has 1 saturated heterocycles. The molecule has 7 heteroatoms. The molecule has 2 aromatic carbocycles. The Labute approximate surface area is 193 Å². The molecule has 33 heavy (non-hydrogen) atoms. The number of nitrogens with zero attached hydrogens (tertiary/aromatic N) is 2. The number of aromatic nitrogens is 2. The molecule has 0 unspecified atom stereocenters. The van der Waals surface area contributed by atoms with Crippen molar-refractivity contribution in [3.8, 4) is 11.1 Å². The molecule has 2 amide bonds. The Bertz CT molecular complexity index is 1170. The smallest absolute Gasteiger partial charge is 0.274 e. The first-order chi connectivity index (χ1) is 15.8. The molecule has 3 aromatic rings. The van der Waals surface area contributed by atoms with Crippen LogP contribution in [0.3, 0.4) is 0 Å². The molecule has 0 aliphatic carbocycles. The van der Waals surface area contributed by atoms with Crippen molar-refractivity contribution in [2.45, 2.75) is 39.0 Å². The van der Waals surface area contributed by atoms with Crippen LogP contribution >= 0.6 is 0 Å². The minimum atomic E-state index is -0.869. The van der Waals surface area contributed by atoms with Crippen molar-refractivity contribution in [1.82, 2.24) is 15.1 Å². The molecule has 0 bridgehead atoms. The van der Waals surface area contributed by atoms with E-state index in [1.165, 1.54) is 12.1 Å². The fourth-order valence-corrected chi connectivity index (χ4v) is 4.56. The van der Waals surface area contributed by atoms with Gasteiger partial charge in [-0.1, -0.05) is 50.2 Å². The first-order valence-electron chi connectivity index (χ1n) is 11.3. The molecule has 6 nitrogen and oxygen atoms in total. The number of amides is 2. The van der Waals surface area contributed by atoms with Crippen LogP contribution in [0.15, 0.2) is 54.6 Å². The van der Waals surface area contributed by atoms with Crippen LogP contribution in [-0.4, -0.2) is 40.0 Å². The molecule has 172 valence electrons. The summed E-state index contributed by atoms with van der Waals surface area (Å²) in [5.41, 5.74) is 8.85. The fourth-order valence-electron chi connectivity index (χ4n) is 4.56. The van der Waals surface area contributed by atoms with Crippen molar-refractivity contribution in [2.75, 3.05) is 13.1 Å². The first kappa shape index (κ1) is 22.7. The maximum absolute atomic E-state index is 13.7. The number of hydrogen-bond acceptors (Lipinski definition) is 3. The number of carbonyl (C=O) groups excluding carboxylic acids is 2. The molecule has 2 heterocycles. The van der Waals surface area contributed by atoms with E-state index in [0.717, 1.165) is 22.4 Å². The number of nitrogens with one attached hydrogen (secondary N) is 1. The number of piperidine rings is 1. The maximum Gasteiger partial charge on any atom is 0.274 e. The number of halogens is 1. The summed E-state index contributed by atoms with van der Waals surface area (Å²) >= 11 is 0. The molecule has 4 rings (SSSR count). The van der Waals surface area contributed by atoms with Gasteiger partial charge >= 0.3 is 0 Å². The van der Waals surface area contributed by atoms with Crippen molar-refractivity contribution >= 4 is 11.8 Å². The van der Waals surface area contributed by atoms with E-state index < -0.39 is 11.3 Å². The molecule has 0 spiro atoms. The molecule has 1 aromatic heterocycles. The lowest BCUT2D eigenvalue weighted by atomic mass is 9.74. The van der Waals surface area contributed by atoms with E-state index in [1.54, 1.807) is 17.0 Å². The van der Waals surface area contributed by atoms with E-state index >= 15 is 0 Å². The lowest BCUT2D eigenvalue weighted by Crippen LogP contribution is -2.53. The predicted octanol–water partition coefficient (Wildman–Crippen LogP) is 4.29. The quantitative estimate of drug-likeness (QED) is 0.589. The number of carbonyl (C=O) groups is 2. The van der Waals surface area contributed by atoms with Gasteiger partial charge in [0.1, 0.15) is 11.5 Å². The van der Waals surface area contributed by atoms with Crippen LogP contribution in [0.4, 0.5) is 4.39 Å². The van der Waals surface area contributed by atoms with Crippen molar-refractivity contribution in [3.63, 3.8) is 0 Å². The van der Waals surface area contributed by atoms with E-state index in [0.29, 0.717) is 31.5 Å². The zero-order valence-electron chi connectivity index (χ0n) is 19.0. The summed E-state index contributed by atoms with van der Waals surface area (Å²) in [6, 6.07) is 15.9. The molecule has 0 radical (unpaired) electrons. The largest absolute Gasteiger partial charge is 0.369 e. The third-order valence-electron chi connectivity index (χ3n) is 6.45. The number of benzene rings is 2. The van der Waals surface area contributed by atoms with Crippen LogP contribution in [0.2, 0.25) is 0 Å². The number of aromatic amines is 1. The third-order valence-corrected chi connectivity index (χ3v) is 6.45. The second-order valence-electron chi connectivity index (χ2n) is 9.23. The predicted molar refractivity (Wildman–Crippen MR) is 125 cm³/mol. The first-order valence-corrected chi connectivity index (χ1v) is 11.3. The van der Waals surface area contributed by atoms with Gasteiger partial charge < -0.3 is 10.6 Å². The highest BCUT2D eigenvalue weighted by Gasteiger charge is 2.42. The number of rotatable bonds is 6. The van der Waals surface area contributed by atoms with Gasteiger partial charge in [0, 0.05) is 18.8 Å². The van der Waals surface area contributed by atoms with Gasteiger partial charge in [-0.2, -0.15) is 5.10 Å². The summed E-state index contributed by atoms with van der Waals surface area (Å²) in [6.07, 6.45) is 1.70. The van der Waals surface area contributed by atoms with Crippen molar-refractivity contribution < 1.29 is 14.0 Å². The third kappa shape index (κ3) is 4.82. The molecule has 0 saturated carbocycles. The minimum absolute atomic E-state index is 0.197. The molecular weight excluding hydrogens is 419 g/mol. The number of H-pyrrole nitrogens is 1. The van der Waals surface area contributed by atoms with Gasteiger partial charge in [0.2, 0.25) is 5.91 Å². The monoisotopic (exact) mass is 448 g/mol. The zero-order valence-corrected chi connectivity index (χ0v) is 19.0. The topological polar surface area (TPSA) is 92.1 Å². The fraction of sp³-hybridized carbons (Fsp3) is 0.346. The van der Waals surface area contributed by atoms with Crippen molar-refractivity contribution in [3.05, 3.63) is 77.4 Å². The average Bonchev–Trinajstić information content (AvgIpc) is 3.29. The standard InChI is InChI=1S/C26H29FN4O2/c1-17(2)22-14-23(30-29-22)24(32)31-11-5-10-26(16-31,25(28)33)15-18-6-3-7-19(12-18)20-8-4-9-21(27)13-20/h3-4,6-9,12-14,17H,5,10-11,15-16H2,1-2H3,(H2,28,33)(H,29,30)/t26-/m0/s1. The summed E-state index contributed by atoms with van der Waals surface area (Å²) in [6.45, 7) is 4.85. The Hall–Kier alpha value is -3.48. The Kier molecular flexibility index (Phi) is 6.31. The minimum Gasteiger partial charge on any atom is -0.369 e. The number of primary amides is 1. The van der Waals surface area contributed by atoms with Gasteiger partial charge in [0.05, 0.1) is 5.41 Å². The lowest BCUT2D eigenvalue weighted by Gasteiger charge is -2.40. The van der Waals surface area contributed by atoms with Gasteiger partial charge in [-0.3, -0.25) is 14.7 Å². The van der Waals surface area contributed by atoms with Crippen molar-refractivity contribution in [2.24, 2.45) is 11.1 Å².